The first-order valence-electron chi connectivity index (χ1n) is 8.42. The number of nitrogens with zero attached hydrogens (tertiary/aromatic N) is 2. The summed E-state index contributed by atoms with van der Waals surface area (Å²) in [6.45, 7) is 5.98. The number of ether oxygens (including phenoxy) is 2. The first-order chi connectivity index (χ1) is 12.1. The number of para-hydroxylation sites is 2. The Morgan fingerprint density at radius 2 is 1.84 bits per heavy atom. The van der Waals surface area contributed by atoms with Gasteiger partial charge in [-0.15, -0.1) is 0 Å². The van der Waals surface area contributed by atoms with Crippen LogP contribution in [-0.4, -0.2) is 23.3 Å². The summed E-state index contributed by atoms with van der Waals surface area (Å²) in [5.41, 5.74) is 4.21. The van der Waals surface area contributed by atoms with Crippen LogP contribution in [0.4, 0.5) is 0 Å². The Labute approximate surface area is 153 Å². The average Bonchev–Trinajstić information content (AvgIpc) is 2.94. The number of hydrogen-bond donors (Lipinski definition) is 0. The molecule has 1 heterocycles. The Kier molecular flexibility index (Phi) is 5.61. The van der Waals surface area contributed by atoms with Crippen molar-refractivity contribution in [3.63, 3.8) is 0 Å². The highest BCUT2D eigenvalue weighted by Gasteiger charge is 2.10. The molecule has 132 valence electrons. The molecule has 3 aromatic rings. The van der Waals surface area contributed by atoms with E-state index in [1.54, 1.807) is 7.11 Å². The second kappa shape index (κ2) is 7.89. The first-order valence-corrected chi connectivity index (χ1v) is 8.80. The quantitative estimate of drug-likeness (QED) is 0.562. The molecule has 0 atom stereocenters. The fraction of sp³-hybridized carbons (Fsp3) is 0.350. The lowest BCUT2D eigenvalue weighted by molar-refractivity contribution is 0.174. The number of aromatic nitrogens is 2. The van der Waals surface area contributed by atoms with Crippen molar-refractivity contribution in [3.8, 4) is 5.75 Å². The number of halogens is 1. The van der Waals surface area contributed by atoms with E-state index in [2.05, 4.69) is 15.6 Å². The molecule has 2 aromatic carbocycles. The van der Waals surface area contributed by atoms with Crippen LogP contribution in [0.1, 0.15) is 23.4 Å². The number of hydrogen-bond acceptors (Lipinski definition) is 3. The van der Waals surface area contributed by atoms with Crippen LogP contribution >= 0.6 is 11.6 Å². The van der Waals surface area contributed by atoms with E-state index in [-0.39, 0.29) is 0 Å². The molecule has 0 aliphatic heterocycles. The van der Waals surface area contributed by atoms with Gasteiger partial charge in [-0.3, -0.25) is 0 Å². The monoisotopic (exact) mass is 358 g/mol. The minimum absolute atomic E-state index is 0.505. The summed E-state index contributed by atoms with van der Waals surface area (Å²) >= 11 is 6.20. The third-order valence-corrected chi connectivity index (χ3v) is 4.81. The fourth-order valence-corrected chi connectivity index (χ4v) is 3.13. The van der Waals surface area contributed by atoms with Crippen molar-refractivity contribution in [1.29, 1.82) is 0 Å². The third kappa shape index (κ3) is 3.97. The lowest BCUT2D eigenvalue weighted by Crippen LogP contribution is -2.08. The maximum Gasteiger partial charge on any atom is 0.135 e. The standard InChI is InChI=1S/C20H23ClN2O2/c1-14-11-16(12-15(2)20(14)21)25-10-6-9-23-18-8-5-4-7-17(18)22-19(23)13-24-3/h4-5,7-8,11-12H,6,9-10,13H2,1-3H3. The second-order valence-electron chi connectivity index (χ2n) is 6.17. The Morgan fingerprint density at radius 1 is 1.12 bits per heavy atom. The van der Waals surface area contributed by atoms with Crippen LogP contribution in [0.3, 0.4) is 0 Å². The largest absolute Gasteiger partial charge is 0.494 e. The lowest BCUT2D eigenvalue weighted by Gasteiger charge is -2.12. The molecule has 0 N–H and O–H groups in total. The Morgan fingerprint density at radius 3 is 2.56 bits per heavy atom. The van der Waals surface area contributed by atoms with Crippen molar-refractivity contribution in [1.82, 2.24) is 9.55 Å². The summed E-state index contributed by atoms with van der Waals surface area (Å²) in [4.78, 5) is 4.65. The number of imidazole rings is 1. The molecule has 0 bridgehead atoms. The molecular weight excluding hydrogens is 336 g/mol. The fourth-order valence-electron chi connectivity index (χ4n) is 3.02. The zero-order valence-corrected chi connectivity index (χ0v) is 15.6. The number of benzene rings is 2. The van der Waals surface area contributed by atoms with Gasteiger partial charge < -0.3 is 14.0 Å². The van der Waals surface area contributed by atoms with Crippen molar-refractivity contribution in [2.24, 2.45) is 0 Å². The van der Waals surface area contributed by atoms with Crippen LogP contribution in [0.15, 0.2) is 36.4 Å². The molecule has 0 radical (unpaired) electrons. The molecule has 0 saturated heterocycles. The van der Waals surface area contributed by atoms with E-state index in [1.807, 2.05) is 44.2 Å². The van der Waals surface area contributed by atoms with Gasteiger partial charge in [0.1, 0.15) is 18.2 Å². The SMILES string of the molecule is COCc1nc2ccccc2n1CCCOc1cc(C)c(Cl)c(C)c1. The van der Waals surface area contributed by atoms with Gasteiger partial charge in [0.05, 0.1) is 17.6 Å². The molecule has 25 heavy (non-hydrogen) atoms. The van der Waals surface area contributed by atoms with E-state index in [0.717, 1.165) is 51.7 Å². The number of rotatable bonds is 7. The average molecular weight is 359 g/mol. The van der Waals surface area contributed by atoms with Gasteiger partial charge >= 0.3 is 0 Å². The molecule has 0 spiro atoms. The molecule has 0 unspecified atom stereocenters. The molecule has 5 heteroatoms. The van der Waals surface area contributed by atoms with Crippen molar-refractivity contribution in [3.05, 3.63) is 58.4 Å². The summed E-state index contributed by atoms with van der Waals surface area (Å²) in [6, 6.07) is 12.1. The van der Waals surface area contributed by atoms with E-state index in [4.69, 9.17) is 21.1 Å². The Balaban J connectivity index is 1.66. The van der Waals surface area contributed by atoms with E-state index >= 15 is 0 Å². The zero-order chi connectivity index (χ0) is 17.8. The van der Waals surface area contributed by atoms with Gasteiger partial charge in [-0.05, 0) is 55.7 Å². The molecule has 0 aliphatic carbocycles. The van der Waals surface area contributed by atoms with Crippen LogP contribution in [0, 0.1) is 13.8 Å². The highest BCUT2D eigenvalue weighted by molar-refractivity contribution is 6.32. The predicted molar refractivity (Wildman–Crippen MR) is 101 cm³/mol. The molecule has 0 fully saturated rings. The Hall–Kier alpha value is -2.04. The summed E-state index contributed by atoms with van der Waals surface area (Å²) in [7, 11) is 1.69. The van der Waals surface area contributed by atoms with Crippen LogP contribution in [-0.2, 0) is 17.9 Å². The molecular formula is C20H23ClN2O2. The van der Waals surface area contributed by atoms with E-state index < -0.39 is 0 Å². The molecule has 4 nitrogen and oxygen atoms in total. The highest BCUT2D eigenvalue weighted by Crippen LogP contribution is 2.26. The molecule has 0 saturated carbocycles. The number of methoxy groups -OCH3 is 1. The summed E-state index contributed by atoms with van der Waals surface area (Å²) in [5.74, 6) is 1.81. The smallest absolute Gasteiger partial charge is 0.135 e. The van der Waals surface area contributed by atoms with Crippen molar-refractivity contribution < 1.29 is 9.47 Å². The zero-order valence-electron chi connectivity index (χ0n) is 14.9. The minimum atomic E-state index is 0.505. The van der Waals surface area contributed by atoms with Crippen LogP contribution in [0.25, 0.3) is 11.0 Å². The van der Waals surface area contributed by atoms with Gasteiger partial charge in [-0.2, -0.15) is 0 Å². The summed E-state index contributed by atoms with van der Waals surface area (Å²) in [5, 5.41) is 0.807. The van der Waals surface area contributed by atoms with Gasteiger partial charge in [-0.25, -0.2) is 4.98 Å². The molecule has 0 amide bonds. The third-order valence-electron chi connectivity index (χ3n) is 4.21. The lowest BCUT2D eigenvalue weighted by atomic mass is 10.1. The highest BCUT2D eigenvalue weighted by atomic mass is 35.5. The van der Waals surface area contributed by atoms with Gasteiger partial charge in [0.15, 0.2) is 0 Å². The second-order valence-corrected chi connectivity index (χ2v) is 6.55. The number of aryl methyl sites for hydroxylation is 3. The maximum absolute atomic E-state index is 6.20. The topological polar surface area (TPSA) is 36.3 Å². The minimum Gasteiger partial charge on any atom is -0.494 e. The van der Waals surface area contributed by atoms with Crippen LogP contribution in [0.2, 0.25) is 5.02 Å². The Bertz CT molecular complexity index is 850. The van der Waals surface area contributed by atoms with Crippen molar-refractivity contribution >= 4 is 22.6 Å². The maximum atomic E-state index is 6.20. The summed E-state index contributed by atoms with van der Waals surface area (Å²) in [6.07, 6.45) is 0.887. The van der Waals surface area contributed by atoms with Gasteiger partial charge in [0, 0.05) is 18.7 Å². The van der Waals surface area contributed by atoms with Crippen LogP contribution in [0.5, 0.6) is 5.75 Å². The van der Waals surface area contributed by atoms with Crippen LogP contribution < -0.4 is 4.74 Å². The molecule has 0 aliphatic rings. The summed E-state index contributed by atoms with van der Waals surface area (Å²) < 4.78 is 13.4. The van der Waals surface area contributed by atoms with Gasteiger partial charge in [0.25, 0.3) is 0 Å². The van der Waals surface area contributed by atoms with E-state index in [0.29, 0.717) is 13.2 Å². The number of fused-ring (bicyclic) bond motifs is 1. The van der Waals surface area contributed by atoms with E-state index in [9.17, 15) is 0 Å². The van der Waals surface area contributed by atoms with Gasteiger partial charge in [-0.1, -0.05) is 23.7 Å². The van der Waals surface area contributed by atoms with Crippen molar-refractivity contribution in [2.75, 3.05) is 13.7 Å². The van der Waals surface area contributed by atoms with Crippen molar-refractivity contribution in [2.45, 2.75) is 33.4 Å². The predicted octanol–water partition coefficient (Wildman–Crippen LogP) is 4.92. The molecule has 1 aromatic heterocycles. The van der Waals surface area contributed by atoms with E-state index in [1.165, 1.54) is 0 Å². The first kappa shape index (κ1) is 17.8. The molecule has 3 rings (SSSR count). The van der Waals surface area contributed by atoms with Gasteiger partial charge in [0.2, 0.25) is 0 Å². The normalized spacial score (nSPS) is 11.2.